The molecule has 1 fully saturated rings. The first-order valence-electron chi connectivity index (χ1n) is 9.80. The van der Waals surface area contributed by atoms with E-state index in [-0.39, 0.29) is 0 Å². The van der Waals surface area contributed by atoms with Gasteiger partial charge in [0.1, 0.15) is 11.5 Å². The maximum atomic E-state index is 5.62. The minimum Gasteiger partial charge on any atom is -0.496 e. The van der Waals surface area contributed by atoms with E-state index in [0.29, 0.717) is 6.04 Å². The molecule has 0 aliphatic carbocycles. The third kappa shape index (κ3) is 4.99. The smallest absolute Gasteiger partial charge is 0.127 e. The summed E-state index contributed by atoms with van der Waals surface area (Å²) in [5, 5.41) is 0. The highest BCUT2D eigenvalue weighted by atomic mass is 16.5. The SMILES string of the molecule is CCN1CCC[C@H]1CN(Cc1cccnc1)Cc1c(OC)cccc1OC. The Morgan fingerprint density at radius 1 is 1.11 bits per heavy atom. The quantitative estimate of drug-likeness (QED) is 0.675. The number of likely N-dealkylation sites (N-methyl/N-ethyl adjacent to an activating group) is 1. The molecule has 1 aromatic heterocycles. The van der Waals surface area contributed by atoms with Gasteiger partial charge >= 0.3 is 0 Å². The first-order chi connectivity index (χ1) is 13.2. The molecule has 146 valence electrons. The molecule has 1 saturated heterocycles. The van der Waals surface area contributed by atoms with Gasteiger partial charge in [0.05, 0.1) is 19.8 Å². The zero-order valence-electron chi connectivity index (χ0n) is 16.7. The normalized spacial score (nSPS) is 17.4. The monoisotopic (exact) mass is 369 g/mol. The number of rotatable bonds is 9. The highest BCUT2D eigenvalue weighted by Gasteiger charge is 2.26. The summed E-state index contributed by atoms with van der Waals surface area (Å²) >= 11 is 0. The molecule has 5 nitrogen and oxygen atoms in total. The van der Waals surface area contributed by atoms with Crippen LogP contribution in [0.1, 0.15) is 30.9 Å². The topological polar surface area (TPSA) is 37.8 Å². The van der Waals surface area contributed by atoms with Gasteiger partial charge in [-0.15, -0.1) is 0 Å². The van der Waals surface area contributed by atoms with Gasteiger partial charge in [-0.25, -0.2) is 0 Å². The van der Waals surface area contributed by atoms with Gasteiger partial charge in [0.2, 0.25) is 0 Å². The van der Waals surface area contributed by atoms with Gasteiger partial charge in [0.25, 0.3) is 0 Å². The van der Waals surface area contributed by atoms with E-state index in [1.54, 1.807) is 14.2 Å². The van der Waals surface area contributed by atoms with Crippen molar-refractivity contribution in [2.24, 2.45) is 0 Å². The van der Waals surface area contributed by atoms with Gasteiger partial charge < -0.3 is 9.47 Å². The summed E-state index contributed by atoms with van der Waals surface area (Å²) in [6.45, 7) is 7.26. The average molecular weight is 370 g/mol. The maximum Gasteiger partial charge on any atom is 0.127 e. The van der Waals surface area contributed by atoms with Crippen molar-refractivity contribution in [2.75, 3.05) is 33.9 Å². The van der Waals surface area contributed by atoms with Crippen LogP contribution >= 0.6 is 0 Å². The third-order valence-electron chi connectivity index (χ3n) is 5.41. The number of methoxy groups -OCH3 is 2. The summed E-state index contributed by atoms with van der Waals surface area (Å²) in [6, 6.07) is 10.7. The highest BCUT2D eigenvalue weighted by molar-refractivity contribution is 5.44. The van der Waals surface area contributed by atoms with Crippen LogP contribution in [0.3, 0.4) is 0 Å². The fourth-order valence-electron chi connectivity index (χ4n) is 4.06. The van der Waals surface area contributed by atoms with Crippen LogP contribution < -0.4 is 9.47 Å². The lowest BCUT2D eigenvalue weighted by molar-refractivity contribution is 0.163. The number of hydrogen-bond donors (Lipinski definition) is 0. The van der Waals surface area contributed by atoms with Crippen LogP contribution in [0.25, 0.3) is 0 Å². The Morgan fingerprint density at radius 2 is 1.89 bits per heavy atom. The molecule has 2 aromatic rings. The van der Waals surface area contributed by atoms with Crippen molar-refractivity contribution in [3.05, 3.63) is 53.9 Å². The Balaban J connectivity index is 1.83. The molecule has 0 unspecified atom stereocenters. The molecule has 0 bridgehead atoms. The second-order valence-electron chi connectivity index (χ2n) is 7.10. The Morgan fingerprint density at radius 3 is 2.52 bits per heavy atom. The van der Waals surface area contributed by atoms with E-state index in [1.807, 2.05) is 36.7 Å². The number of pyridine rings is 1. The Labute approximate surface area is 162 Å². The zero-order valence-corrected chi connectivity index (χ0v) is 16.7. The molecule has 1 aromatic carbocycles. The van der Waals surface area contributed by atoms with Crippen LogP contribution in [-0.4, -0.2) is 54.7 Å². The number of hydrogen-bond acceptors (Lipinski definition) is 5. The standard InChI is InChI=1S/C22H31N3O2/c1-4-25-13-7-9-19(25)16-24(15-18-8-6-12-23-14-18)17-20-21(26-2)10-5-11-22(20)27-3/h5-6,8,10-12,14,19H,4,7,9,13,15-17H2,1-3H3/t19-/m0/s1. The van der Waals surface area contributed by atoms with Gasteiger partial charge in [-0.3, -0.25) is 14.8 Å². The molecule has 0 radical (unpaired) electrons. The van der Waals surface area contributed by atoms with Crippen LogP contribution in [-0.2, 0) is 13.1 Å². The summed E-state index contributed by atoms with van der Waals surface area (Å²) in [6.07, 6.45) is 6.34. The van der Waals surface area contributed by atoms with E-state index in [4.69, 9.17) is 9.47 Å². The second kappa shape index (κ2) is 9.72. The van der Waals surface area contributed by atoms with E-state index < -0.39 is 0 Å². The Hall–Kier alpha value is -2.11. The van der Waals surface area contributed by atoms with Gasteiger partial charge in [0, 0.05) is 38.1 Å². The summed E-state index contributed by atoms with van der Waals surface area (Å²) in [4.78, 5) is 9.38. The first-order valence-corrected chi connectivity index (χ1v) is 9.80. The molecule has 27 heavy (non-hydrogen) atoms. The highest BCUT2D eigenvalue weighted by Crippen LogP contribution is 2.30. The van der Waals surface area contributed by atoms with Crippen molar-refractivity contribution in [1.29, 1.82) is 0 Å². The fraction of sp³-hybridized carbons (Fsp3) is 0.500. The molecule has 0 amide bonds. The molecular weight excluding hydrogens is 338 g/mol. The van der Waals surface area contributed by atoms with Crippen molar-refractivity contribution in [1.82, 2.24) is 14.8 Å². The third-order valence-corrected chi connectivity index (χ3v) is 5.41. The van der Waals surface area contributed by atoms with Crippen molar-refractivity contribution in [3.8, 4) is 11.5 Å². The van der Waals surface area contributed by atoms with Crippen molar-refractivity contribution >= 4 is 0 Å². The lowest BCUT2D eigenvalue weighted by atomic mass is 10.1. The first kappa shape index (κ1) is 19.6. The molecule has 1 atom stereocenters. The predicted molar refractivity (Wildman–Crippen MR) is 108 cm³/mol. The van der Waals surface area contributed by atoms with Crippen molar-refractivity contribution in [3.63, 3.8) is 0 Å². The van der Waals surface area contributed by atoms with Crippen molar-refractivity contribution in [2.45, 2.75) is 38.9 Å². The van der Waals surface area contributed by atoms with E-state index in [9.17, 15) is 0 Å². The zero-order chi connectivity index (χ0) is 19.1. The van der Waals surface area contributed by atoms with E-state index in [1.165, 1.54) is 24.9 Å². The van der Waals surface area contributed by atoms with Crippen molar-refractivity contribution < 1.29 is 9.47 Å². The largest absolute Gasteiger partial charge is 0.496 e. The van der Waals surface area contributed by atoms with Crippen LogP contribution in [0.5, 0.6) is 11.5 Å². The van der Waals surface area contributed by atoms with Crippen LogP contribution in [0.2, 0.25) is 0 Å². The van der Waals surface area contributed by atoms with E-state index >= 15 is 0 Å². The number of nitrogens with zero attached hydrogens (tertiary/aromatic N) is 3. The van der Waals surface area contributed by atoms with E-state index in [2.05, 4.69) is 27.8 Å². The van der Waals surface area contributed by atoms with Gasteiger partial charge in [-0.2, -0.15) is 0 Å². The van der Waals surface area contributed by atoms with E-state index in [0.717, 1.165) is 43.2 Å². The second-order valence-corrected chi connectivity index (χ2v) is 7.10. The number of benzene rings is 1. The fourth-order valence-corrected chi connectivity index (χ4v) is 4.06. The maximum absolute atomic E-state index is 5.62. The molecule has 0 N–H and O–H groups in total. The molecule has 2 heterocycles. The van der Waals surface area contributed by atoms with Crippen LogP contribution in [0.4, 0.5) is 0 Å². The lowest BCUT2D eigenvalue weighted by Gasteiger charge is -2.31. The number of likely N-dealkylation sites (tertiary alicyclic amines) is 1. The molecule has 5 heteroatoms. The molecule has 0 saturated carbocycles. The number of aromatic nitrogens is 1. The molecule has 0 spiro atoms. The average Bonchev–Trinajstić information content (AvgIpc) is 3.16. The number of ether oxygens (including phenoxy) is 2. The summed E-state index contributed by atoms with van der Waals surface area (Å²) in [5.74, 6) is 1.76. The summed E-state index contributed by atoms with van der Waals surface area (Å²) in [7, 11) is 3.44. The molecule has 3 rings (SSSR count). The lowest BCUT2D eigenvalue weighted by Crippen LogP contribution is -2.39. The summed E-state index contributed by atoms with van der Waals surface area (Å²) in [5.41, 5.74) is 2.33. The molecular formula is C22H31N3O2. The Kier molecular flexibility index (Phi) is 7.07. The van der Waals surface area contributed by atoms with Gasteiger partial charge in [-0.05, 0) is 49.7 Å². The van der Waals surface area contributed by atoms with Crippen LogP contribution in [0, 0.1) is 0 Å². The minimum absolute atomic E-state index is 0.604. The predicted octanol–water partition coefficient (Wildman–Crippen LogP) is 3.59. The van der Waals surface area contributed by atoms with Crippen LogP contribution in [0.15, 0.2) is 42.7 Å². The molecule has 1 aliphatic heterocycles. The minimum atomic E-state index is 0.604. The Bertz CT molecular complexity index is 686. The van der Waals surface area contributed by atoms with Gasteiger partial charge in [-0.1, -0.05) is 19.1 Å². The van der Waals surface area contributed by atoms with Gasteiger partial charge in [0.15, 0.2) is 0 Å². The summed E-state index contributed by atoms with van der Waals surface area (Å²) < 4.78 is 11.2. The molecule has 1 aliphatic rings.